The number of para-hydroxylation sites is 1. The topological polar surface area (TPSA) is 97.8 Å². The van der Waals surface area contributed by atoms with E-state index in [4.69, 9.17) is 4.74 Å². The van der Waals surface area contributed by atoms with E-state index in [1.54, 1.807) is 17.0 Å². The van der Waals surface area contributed by atoms with Gasteiger partial charge in [0.15, 0.2) is 9.84 Å². The first-order chi connectivity index (χ1) is 19.5. The third kappa shape index (κ3) is 4.74. The molecule has 1 amide bonds. The molecule has 6 rings (SSSR count). The number of hydrogen-bond acceptors (Lipinski definition) is 6. The molecule has 0 radical (unpaired) electrons. The number of rotatable bonds is 5. The molecule has 10 heteroatoms. The van der Waals surface area contributed by atoms with Crippen molar-refractivity contribution in [2.75, 3.05) is 18.1 Å². The second kappa shape index (κ2) is 10.2. The number of nitrogens with zero attached hydrogens (tertiary/aromatic N) is 1. The molecule has 2 saturated heterocycles. The van der Waals surface area contributed by atoms with Crippen molar-refractivity contribution in [2.45, 2.75) is 54.7 Å². The average Bonchev–Trinajstić information content (AvgIpc) is 3.36. The van der Waals surface area contributed by atoms with E-state index in [2.05, 4.69) is 0 Å². The largest absolute Gasteiger partial charge is 0.457 e. The van der Waals surface area contributed by atoms with Gasteiger partial charge in [0.05, 0.1) is 22.4 Å². The van der Waals surface area contributed by atoms with Crippen LogP contribution in [0.2, 0.25) is 0 Å². The van der Waals surface area contributed by atoms with Crippen LogP contribution in [0.1, 0.15) is 42.4 Å². The summed E-state index contributed by atoms with van der Waals surface area (Å²) in [5, 5.41) is 0. The van der Waals surface area contributed by atoms with Gasteiger partial charge in [0.2, 0.25) is 5.91 Å². The van der Waals surface area contributed by atoms with E-state index in [-0.39, 0.29) is 48.1 Å². The van der Waals surface area contributed by atoms with Crippen molar-refractivity contribution >= 4 is 25.6 Å². The van der Waals surface area contributed by atoms with Crippen LogP contribution in [0.5, 0.6) is 11.5 Å². The summed E-state index contributed by atoms with van der Waals surface area (Å²) in [7, 11) is -7.23. The minimum atomic E-state index is -4.08. The lowest BCUT2D eigenvalue weighted by Crippen LogP contribution is -2.53. The van der Waals surface area contributed by atoms with Crippen molar-refractivity contribution in [3.8, 4) is 11.5 Å². The van der Waals surface area contributed by atoms with Crippen molar-refractivity contribution < 1.29 is 30.8 Å². The van der Waals surface area contributed by atoms with Crippen LogP contribution in [0.4, 0.5) is 4.39 Å². The Balaban J connectivity index is 1.41. The number of carbonyl (C=O) groups is 1. The van der Waals surface area contributed by atoms with E-state index in [1.165, 1.54) is 12.1 Å². The van der Waals surface area contributed by atoms with Crippen molar-refractivity contribution in [1.29, 1.82) is 0 Å². The predicted molar refractivity (Wildman–Crippen MR) is 153 cm³/mol. The maximum atomic E-state index is 14.5. The molecule has 216 valence electrons. The lowest BCUT2D eigenvalue weighted by Gasteiger charge is -2.43. The molecule has 0 unspecified atom stereocenters. The van der Waals surface area contributed by atoms with Gasteiger partial charge in [-0.3, -0.25) is 4.79 Å². The van der Waals surface area contributed by atoms with Crippen LogP contribution in [0.3, 0.4) is 0 Å². The van der Waals surface area contributed by atoms with Gasteiger partial charge < -0.3 is 9.64 Å². The number of fused-ring (bicyclic) bond motifs is 3. The Bertz CT molecular complexity index is 1710. The zero-order chi connectivity index (χ0) is 29.0. The maximum Gasteiger partial charge on any atom is 0.226 e. The molecule has 7 nitrogen and oxygen atoms in total. The van der Waals surface area contributed by atoms with E-state index < -0.39 is 42.2 Å². The first-order valence-electron chi connectivity index (χ1n) is 13.9. The highest BCUT2D eigenvalue weighted by Crippen LogP contribution is 2.53. The monoisotopic (exact) mass is 597 g/mol. The van der Waals surface area contributed by atoms with E-state index in [0.29, 0.717) is 29.9 Å². The van der Waals surface area contributed by atoms with Gasteiger partial charge in [-0.15, -0.1) is 0 Å². The number of benzene rings is 3. The number of hydrogen-bond donors (Lipinski definition) is 0. The van der Waals surface area contributed by atoms with E-state index in [9.17, 15) is 26.0 Å². The molecule has 3 aliphatic rings. The zero-order valence-corrected chi connectivity index (χ0v) is 24.4. The van der Waals surface area contributed by atoms with Crippen LogP contribution in [-0.4, -0.2) is 51.7 Å². The minimum Gasteiger partial charge on any atom is -0.457 e. The van der Waals surface area contributed by atoms with Gasteiger partial charge in [-0.1, -0.05) is 24.3 Å². The number of ether oxygens (including phenoxy) is 1. The average molecular weight is 598 g/mol. The molecular weight excluding hydrogens is 565 g/mol. The maximum absolute atomic E-state index is 14.5. The van der Waals surface area contributed by atoms with Crippen molar-refractivity contribution in [1.82, 2.24) is 4.90 Å². The van der Waals surface area contributed by atoms with Crippen LogP contribution in [-0.2, 0) is 35.6 Å². The van der Waals surface area contributed by atoms with Crippen molar-refractivity contribution in [3.05, 3.63) is 89.2 Å². The summed E-state index contributed by atoms with van der Waals surface area (Å²) >= 11 is 0. The Morgan fingerprint density at radius 2 is 1.71 bits per heavy atom. The van der Waals surface area contributed by atoms with E-state index >= 15 is 0 Å². The molecule has 2 heterocycles. The smallest absolute Gasteiger partial charge is 0.226 e. The van der Waals surface area contributed by atoms with Gasteiger partial charge in [0.25, 0.3) is 0 Å². The SMILES string of the molecule is Cc1ccccc1Oc1ccc2c(c1)CC[C@H]1N(C(=O)C3CCS(=O)(=O)CC3)CC[C@@]21S(=O)(=O)c1ccc(F)cc1. The van der Waals surface area contributed by atoms with Gasteiger partial charge in [0, 0.05) is 12.5 Å². The Hall–Kier alpha value is -3.24. The van der Waals surface area contributed by atoms with Crippen LogP contribution in [0.15, 0.2) is 71.6 Å². The Morgan fingerprint density at radius 1 is 1.00 bits per heavy atom. The van der Waals surface area contributed by atoms with Gasteiger partial charge in [-0.25, -0.2) is 21.2 Å². The lowest BCUT2D eigenvalue weighted by molar-refractivity contribution is -0.137. The molecule has 2 fully saturated rings. The zero-order valence-electron chi connectivity index (χ0n) is 22.8. The van der Waals surface area contributed by atoms with Crippen molar-refractivity contribution in [2.24, 2.45) is 5.92 Å². The number of sulfone groups is 2. The number of halogens is 1. The molecule has 0 saturated carbocycles. The Morgan fingerprint density at radius 3 is 2.41 bits per heavy atom. The fraction of sp³-hybridized carbons (Fsp3) is 0.387. The van der Waals surface area contributed by atoms with Crippen LogP contribution in [0.25, 0.3) is 0 Å². The summed E-state index contributed by atoms with van der Waals surface area (Å²) in [4.78, 5) is 15.5. The molecule has 41 heavy (non-hydrogen) atoms. The second-order valence-electron chi connectivity index (χ2n) is 11.3. The second-order valence-corrected chi connectivity index (χ2v) is 15.8. The van der Waals surface area contributed by atoms with Gasteiger partial charge >= 0.3 is 0 Å². The van der Waals surface area contributed by atoms with Crippen molar-refractivity contribution in [3.63, 3.8) is 0 Å². The standard InChI is InChI=1S/C31H32FNO6S2/c1-21-4-2-3-5-28(21)39-25-9-12-27-23(20-25)6-13-29-31(27,41(37,38)26-10-7-24(32)8-11-26)16-17-33(29)30(34)22-14-18-40(35,36)19-15-22/h2-5,7-12,20,22,29H,6,13-19H2,1H3/t29-,31-/m1/s1. The molecule has 0 N–H and O–H groups in total. The summed E-state index contributed by atoms with van der Waals surface area (Å²) < 4.78 is 71.6. The lowest BCUT2D eigenvalue weighted by atomic mass is 9.78. The van der Waals surface area contributed by atoms with E-state index in [1.807, 2.05) is 37.3 Å². The Kier molecular flexibility index (Phi) is 6.97. The summed E-state index contributed by atoms with van der Waals surface area (Å²) in [6.07, 6.45) is 1.67. The molecular formula is C31H32FNO6S2. The Labute approximate surface area is 240 Å². The molecule has 0 bridgehead atoms. The normalized spacial score (nSPS) is 24.0. The number of aryl methyl sites for hydroxylation is 2. The first-order valence-corrected chi connectivity index (χ1v) is 17.2. The van der Waals surface area contributed by atoms with Crippen LogP contribution >= 0.6 is 0 Å². The predicted octanol–water partition coefficient (Wildman–Crippen LogP) is 4.97. The number of carbonyl (C=O) groups excluding carboxylic acids is 1. The number of amides is 1. The molecule has 3 aromatic carbocycles. The molecule has 2 aliphatic heterocycles. The quantitative estimate of drug-likeness (QED) is 0.386. The van der Waals surface area contributed by atoms with Crippen LogP contribution < -0.4 is 4.74 Å². The summed E-state index contributed by atoms with van der Waals surface area (Å²) in [6.45, 7) is 2.20. The third-order valence-electron chi connectivity index (χ3n) is 8.97. The fourth-order valence-corrected chi connectivity index (χ4v) is 10.7. The molecule has 3 aromatic rings. The first kappa shape index (κ1) is 27.9. The van der Waals surface area contributed by atoms with Crippen LogP contribution in [0, 0.1) is 18.7 Å². The van der Waals surface area contributed by atoms with Gasteiger partial charge in [0.1, 0.15) is 31.9 Å². The fourth-order valence-electron chi connectivity index (χ4n) is 6.82. The van der Waals surface area contributed by atoms with E-state index in [0.717, 1.165) is 23.3 Å². The highest BCUT2D eigenvalue weighted by Gasteiger charge is 2.61. The molecule has 0 spiro atoms. The molecule has 2 atom stereocenters. The minimum absolute atomic E-state index is 0.00930. The molecule has 1 aliphatic carbocycles. The summed E-state index contributed by atoms with van der Waals surface area (Å²) in [5.74, 6) is 0.0803. The van der Waals surface area contributed by atoms with Gasteiger partial charge in [-0.05, 0) is 98.2 Å². The van der Waals surface area contributed by atoms with Gasteiger partial charge in [-0.2, -0.15) is 0 Å². The number of likely N-dealkylation sites (tertiary alicyclic amines) is 1. The third-order valence-corrected chi connectivity index (χ3v) is 13.2. The highest BCUT2D eigenvalue weighted by molar-refractivity contribution is 7.92. The summed E-state index contributed by atoms with van der Waals surface area (Å²) in [6, 6.07) is 17.3. The molecule has 0 aromatic heterocycles. The highest BCUT2D eigenvalue weighted by atomic mass is 32.2. The summed E-state index contributed by atoms with van der Waals surface area (Å²) in [5.41, 5.74) is 2.45.